The van der Waals surface area contributed by atoms with Crippen molar-refractivity contribution in [3.8, 4) is 0 Å². The summed E-state index contributed by atoms with van der Waals surface area (Å²) in [6.45, 7) is 1.54. The number of hydrogen-bond acceptors (Lipinski definition) is 4. The Bertz CT molecular complexity index is 230. The van der Waals surface area contributed by atoms with Crippen LogP contribution in [-0.2, 0) is 9.36 Å². The van der Waals surface area contributed by atoms with Crippen LogP contribution in [0.3, 0.4) is 0 Å². The first-order chi connectivity index (χ1) is 6.35. The third kappa shape index (κ3) is 8.52. The molecule has 0 heterocycles. The van der Waals surface area contributed by atoms with Crippen molar-refractivity contribution in [2.24, 2.45) is 0 Å². The largest absolute Gasteiger partial charge is 0.480 e. The Balaban J connectivity index is 4.10. The van der Waals surface area contributed by atoms with Gasteiger partial charge >= 0.3 is 13.6 Å². The van der Waals surface area contributed by atoms with Gasteiger partial charge in [-0.05, 0) is 6.42 Å². The van der Waals surface area contributed by atoms with Crippen LogP contribution in [0.2, 0.25) is 0 Å². The quantitative estimate of drug-likeness (QED) is 0.444. The van der Waals surface area contributed by atoms with E-state index in [0.717, 1.165) is 18.4 Å². The van der Waals surface area contributed by atoms with E-state index in [1.807, 2.05) is 6.92 Å². The van der Waals surface area contributed by atoms with Gasteiger partial charge in [-0.1, -0.05) is 18.9 Å². The van der Waals surface area contributed by atoms with Crippen molar-refractivity contribution in [3.05, 3.63) is 0 Å². The highest BCUT2D eigenvalue weighted by Gasteiger charge is 2.21. The molecule has 0 aromatic heterocycles. The van der Waals surface area contributed by atoms with Crippen molar-refractivity contribution in [1.82, 2.24) is 4.31 Å². The average molecular weight is 243 g/mol. The maximum absolute atomic E-state index is 10.6. The molecule has 0 aliphatic rings. The molecule has 3 N–H and O–H groups in total. The lowest BCUT2D eigenvalue weighted by molar-refractivity contribution is -0.136. The van der Waals surface area contributed by atoms with Crippen molar-refractivity contribution in [2.75, 3.05) is 18.6 Å². The number of aliphatic carboxylic acids is 1. The van der Waals surface area contributed by atoms with Gasteiger partial charge in [-0.2, -0.15) is 0 Å². The highest BCUT2D eigenvalue weighted by Crippen LogP contribution is 2.37. The molecule has 84 valence electrons. The highest BCUT2D eigenvalue weighted by molar-refractivity contribution is 7.97. The van der Waals surface area contributed by atoms with Gasteiger partial charge in [0.1, 0.15) is 12.8 Å². The summed E-state index contributed by atoms with van der Waals surface area (Å²) in [7, 11) is -4.18. The molecule has 0 atom stereocenters. The smallest absolute Gasteiger partial charge is 0.340 e. The minimum Gasteiger partial charge on any atom is -0.480 e. The maximum Gasteiger partial charge on any atom is 0.340 e. The molecule has 0 aliphatic carbocycles. The lowest BCUT2D eigenvalue weighted by atomic mass is 10.6. The second-order valence-corrected chi connectivity index (χ2v) is 5.47. The van der Waals surface area contributed by atoms with Crippen molar-refractivity contribution in [2.45, 2.75) is 13.3 Å². The topological polar surface area (TPSA) is 98.1 Å². The van der Waals surface area contributed by atoms with Crippen LogP contribution in [0.4, 0.5) is 0 Å². The fraction of sp³-hybridized carbons (Fsp3) is 0.833. The Morgan fingerprint density at radius 3 is 2.43 bits per heavy atom. The summed E-state index contributed by atoms with van der Waals surface area (Å²) in [5.41, 5.74) is 0. The summed E-state index contributed by atoms with van der Waals surface area (Å²) in [6.07, 6.45) is 0.298. The molecular weight excluding hydrogens is 229 g/mol. The zero-order valence-electron chi connectivity index (χ0n) is 7.79. The molecule has 0 fully saturated rings. The average Bonchev–Trinajstić information content (AvgIpc) is 1.96. The van der Waals surface area contributed by atoms with Crippen LogP contribution in [0.25, 0.3) is 0 Å². The molecule has 0 aromatic rings. The minimum absolute atomic E-state index is 0.365. The number of hydrogen-bond donors (Lipinski definition) is 3. The molecule has 6 nitrogen and oxygen atoms in total. The Morgan fingerprint density at radius 2 is 2.07 bits per heavy atom. The monoisotopic (exact) mass is 243 g/mol. The molecular formula is C6H14NO5PS. The van der Waals surface area contributed by atoms with Crippen LogP contribution in [0.15, 0.2) is 0 Å². The molecule has 14 heavy (non-hydrogen) atoms. The van der Waals surface area contributed by atoms with Gasteiger partial charge < -0.3 is 14.9 Å². The van der Waals surface area contributed by atoms with E-state index in [2.05, 4.69) is 0 Å². The van der Waals surface area contributed by atoms with Crippen molar-refractivity contribution >= 4 is 25.5 Å². The molecule has 0 amide bonds. The van der Waals surface area contributed by atoms with Crippen molar-refractivity contribution in [3.63, 3.8) is 0 Å². The van der Waals surface area contributed by atoms with E-state index in [0.29, 0.717) is 5.75 Å². The maximum atomic E-state index is 10.6. The third-order valence-corrected chi connectivity index (χ3v) is 3.25. The number of carbonyl (C=O) groups is 1. The summed E-state index contributed by atoms with van der Waals surface area (Å²) < 4.78 is 11.8. The van der Waals surface area contributed by atoms with Gasteiger partial charge in [0.25, 0.3) is 0 Å². The normalized spacial score (nSPS) is 12.0. The van der Waals surface area contributed by atoms with E-state index in [1.165, 1.54) is 4.31 Å². The number of nitrogens with zero attached hydrogens (tertiary/aromatic N) is 1. The number of carboxylic acids is 1. The summed E-state index contributed by atoms with van der Waals surface area (Å²) in [4.78, 5) is 27.7. The van der Waals surface area contributed by atoms with E-state index < -0.39 is 19.9 Å². The highest BCUT2D eigenvalue weighted by atomic mass is 32.2. The predicted molar refractivity (Wildman–Crippen MR) is 54.0 cm³/mol. The summed E-state index contributed by atoms with van der Waals surface area (Å²) in [5.74, 6) is -0.449. The van der Waals surface area contributed by atoms with E-state index in [4.69, 9.17) is 14.9 Å². The van der Waals surface area contributed by atoms with Gasteiger partial charge in [-0.25, -0.2) is 4.31 Å². The fourth-order valence-corrected chi connectivity index (χ4v) is 2.64. The van der Waals surface area contributed by atoms with Gasteiger partial charge in [0.05, 0.1) is 0 Å². The van der Waals surface area contributed by atoms with Crippen LogP contribution >= 0.6 is 19.5 Å². The first kappa shape index (κ1) is 13.9. The van der Waals surface area contributed by atoms with Gasteiger partial charge in [-0.15, -0.1) is 0 Å². The molecule has 8 heteroatoms. The van der Waals surface area contributed by atoms with Gasteiger partial charge in [0, 0.05) is 5.75 Å². The lowest BCUT2D eigenvalue weighted by Crippen LogP contribution is -2.25. The van der Waals surface area contributed by atoms with E-state index in [-0.39, 0.29) is 6.54 Å². The van der Waals surface area contributed by atoms with Crippen LogP contribution in [-0.4, -0.2) is 43.8 Å². The SMILES string of the molecule is CCCSN(CC(=O)O)CP(=O)(O)O. The standard InChI is InChI=1S/C6H14NO5PS/c1-2-3-14-7(4-6(8)9)5-13(10,11)12/h2-5H2,1H3,(H,8,9)(H2,10,11,12). The number of carboxylic acid groups (broad SMARTS) is 1. The molecule has 0 aliphatic heterocycles. The third-order valence-electron chi connectivity index (χ3n) is 1.13. The Hall–Kier alpha value is -0.0700. The number of rotatable bonds is 7. The molecule has 0 saturated carbocycles. The predicted octanol–water partition coefficient (Wildman–Crippen LogP) is 0.566. The van der Waals surface area contributed by atoms with Crippen LogP contribution in [0, 0.1) is 0 Å². The zero-order valence-corrected chi connectivity index (χ0v) is 9.50. The molecule has 0 unspecified atom stereocenters. The van der Waals surface area contributed by atoms with E-state index in [9.17, 15) is 9.36 Å². The molecule has 0 spiro atoms. The van der Waals surface area contributed by atoms with Crippen molar-refractivity contribution < 1.29 is 24.3 Å². The Labute approximate surface area is 86.6 Å². The summed E-state index contributed by atoms with van der Waals surface area (Å²) in [5, 5.41) is 8.47. The first-order valence-electron chi connectivity index (χ1n) is 3.99. The lowest BCUT2D eigenvalue weighted by Gasteiger charge is -2.18. The van der Waals surface area contributed by atoms with E-state index >= 15 is 0 Å². The van der Waals surface area contributed by atoms with Gasteiger partial charge in [0.15, 0.2) is 0 Å². The van der Waals surface area contributed by atoms with Crippen LogP contribution < -0.4 is 0 Å². The zero-order chi connectivity index (χ0) is 11.2. The first-order valence-corrected chi connectivity index (χ1v) is 6.73. The second kappa shape index (κ2) is 6.42. The van der Waals surface area contributed by atoms with Gasteiger partial charge in [0.2, 0.25) is 0 Å². The Kier molecular flexibility index (Phi) is 6.39. The summed E-state index contributed by atoms with van der Waals surface area (Å²) >= 11 is 1.14. The molecule has 0 radical (unpaired) electrons. The van der Waals surface area contributed by atoms with Gasteiger partial charge in [-0.3, -0.25) is 9.36 Å². The summed E-state index contributed by atoms with van der Waals surface area (Å²) in [6, 6.07) is 0. The second-order valence-electron chi connectivity index (χ2n) is 2.67. The van der Waals surface area contributed by atoms with E-state index in [1.54, 1.807) is 0 Å². The van der Waals surface area contributed by atoms with Crippen LogP contribution in [0.5, 0.6) is 0 Å². The van der Waals surface area contributed by atoms with Crippen molar-refractivity contribution in [1.29, 1.82) is 0 Å². The minimum atomic E-state index is -4.18. The molecule has 0 rings (SSSR count). The Morgan fingerprint density at radius 1 is 1.50 bits per heavy atom. The fourth-order valence-electron chi connectivity index (χ4n) is 0.713. The molecule has 0 saturated heterocycles. The molecule has 0 aromatic carbocycles. The molecule has 0 bridgehead atoms. The van der Waals surface area contributed by atoms with Crippen LogP contribution in [0.1, 0.15) is 13.3 Å².